The van der Waals surface area contributed by atoms with Crippen LogP contribution in [0.4, 0.5) is 0 Å². The lowest BCUT2D eigenvalue weighted by molar-refractivity contribution is -0.140. The van der Waals surface area contributed by atoms with Crippen molar-refractivity contribution < 1.29 is 9.53 Å². The molecule has 0 aliphatic heterocycles. The smallest absolute Gasteiger partial charge is 0.328 e. The van der Waals surface area contributed by atoms with E-state index in [0.717, 1.165) is 15.6 Å². The molecule has 0 heterocycles. The monoisotopic (exact) mass is 276 g/mol. The van der Waals surface area contributed by atoms with E-state index in [1.54, 1.807) is 0 Å². The van der Waals surface area contributed by atoms with Crippen molar-refractivity contribution >= 4 is 33.5 Å². The summed E-state index contributed by atoms with van der Waals surface area (Å²) in [6.45, 7) is 1.90. The quantitative estimate of drug-likeness (QED) is 0.613. The van der Waals surface area contributed by atoms with Crippen molar-refractivity contribution in [2.24, 2.45) is 0 Å². The van der Waals surface area contributed by atoms with E-state index in [1.807, 2.05) is 25.1 Å². The van der Waals surface area contributed by atoms with Crippen LogP contribution in [0.5, 0.6) is 0 Å². The van der Waals surface area contributed by atoms with Gasteiger partial charge in [0.25, 0.3) is 0 Å². The third-order valence-corrected chi connectivity index (χ3v) is 2.82. The SMILES string of the molecule is COC(=O)C(Cl)c1ccc(Br)cc1C. The second-order valence-corrected chi connectivity index (χ2v) is 4.24. The molecule has 0 spiro atoms. The fourth-order valence-electron chi connectivity index (χ4n) is 1.15. The van der Waals surface area contributed by atoms with Crippen molar-refractivity contribution in [3.8, 4) is 0 Å². The van der Waals surface area contributed by atoms with Crippen LogP contribution in [-0.2, 0) is 9.53 Å². The van der Waals surface area contributed by atoms with Crippen molar-refractivity contribution in [3.05, 3.63) is 33.8 Å². The number of rotatable bonds is 2. The molecule has 14 heavy (non-hydrogen) atoms. The van der Waals surface area contributed by atoms with Gasteiger partial charge < -0.3 is 4.74 Å². The highest BCUT2D eigenvalue weighted by Gasteiger charge is 2.19. The maximum absolute atomic E-state index is 11.2. The Hall–Kier alpha value is -0.540. The van der Waals surface area contributed by atoms with Gasteiger partial charge in [-0.15, -0.1) is 11.6 Å². The normalized spacial score (nSPS) is 12.3. The summed E-state index contributed by atoms with van der Waals surface area (Å²) in [6, 6.07) is 5.57. The van der Waals surface area contributed by atoms with E-state index in [9.17, 15) is 4.79 Å². The highest BCUT2D eigenvalue weighted by Crippen LogP contribution is 2.27. The van der Waals surface area contributed by atoms with Crippen LogP contribution in [0.3, 0.4) is 0 Å². The Balaban J connectivity index is 3.01. The van der Waals surface area contributed by atoms with E-state index in [0.29, 0.717) is 0 Å². The largest absolute Gasteiger partial charge is 0.468 e. The molecule has 0 saturated carbocycles. The first-order valence-electron chi connectivity index (χ1n) is 4.04. The van der Waals surface area contributed by atoms with Crippen molar-refractivity contribution in [1.29, 1.82) is 0 Å². The summed E-state index contributed by atoms with van der Waals surface area (Å²) in [7, 11) is 1.33. The molecule has 1 aromatic carbocycles. The number of ether oxygens (including phenoxy) is 1. The number of esters is 1. The number of carbonyl (C=O) groups excluding carboxylic acids is 1. The van der Waals surface area contributed by atoms with Crippen LogP contribution < -0.4 is 0 Å². The van der Waals surface area contributed by atoms with Crippen molar-refractivity contribution in [2.45, 2.75) is 12.3 Å². The molecule has 0 aliphatic carbocycles. The predicted octanol–water partition coefficient (Wildman–Crippen LogP) is 3.21. The highest BCUT2D eigenvalue weighted by atomic mass is 79.9. The molecule has 0 aromatic heterocycles. The second-order valence-electron chi connectivity index (χ2n) is 2.89. The molecule has 1 aromatic rings. The number of carbonyl (C=O) groups is 1. The van der Waals surface area contributed by atoms with Crippen LogP contribution in [0.15, 0.2) is 22.7 Å². The molecule has 76 valence electrons. The summed E-state index contributed by atoms with van der Waals surface area (Å²) >= 11 is 9.26. The molecule has 0 bridgehead atoms. The molecule has 0 saturated heterocycles. The van der Waals surface area contributed by atoms with Crippen LogP contribution in [0, 0.1) is 6.92 Å². The summed E-state index contributed by atoms with van der Waals surface area (Å²) in [5.41, 5.74) is 1.74. The van der Waals surface area contributed by atoms with E-state index in [2.05, 4.69) is 20.7 Å². The zero-order valence-corrected chi connectivity index (χ0v) is 10.2. The van der Waals surface area contributed by atoms with Crippen molar-refractivity contribution in [2.75, 3.05) is 7.11 Å². The van der Waals surface area contributed by atoms with Crippen molar-refractivity contribution in [3.63, 3.8) is 0 Å². The zero-order chi connectivity index (χ0) is 10.7. The third-order valence-electron chi connectivity index (χ3n) is 1.91. The standard InChI is InChI=1S/C10H10BrClO2/c1-6-5-7(11)3-4-8(6)9(12)10(13)14-2/h3-5,9H,1-2H3. The van der Waals surface area contributed by atoms with Crippen LogP contribution >= 0.6 is 27.5 Å². The van der Waals surface area contributed by atoms with Crippen LogP contribution in [0.25, 0.3) is 0 Å². The van der Waals surface area contributed by atoms with Gasteiger partial charge in [-0.1, -0.05) is 22.0 Å². The lowest BCUT2D eigenvalue weighted by Crippen LogP contribution is -2.09. The number of alkyl halides is 1. The highest BCUT2D eigenvalue weighted by molar-refractivity contribution is 9.10. The summed E-state index contributed by atoms with van der Waals surface area (Å²) in [5, 5.41) is -0.729. The minimum Gasteiger partial charge on any atom is -0.468 e. The Morgan fingerprint density at radius 2 is 2.21 bits per heavy atom. The third kappa shape index (κ3) is 2.49. The second kappa shape index (κ2) is 4.80. The fraction of sp³-hybridized carbons (Fsp3) is 0.300. The number of aryl methyl sites for hydroxylation is 1. The van der Waals surface area contributed by atoms with Crippen LogP contribution in [-0.4, -0.2) is 13.1 Å². The molecule has 1 rings (SSSR count). The predicted molar refractivity (Wildman–Crippen MR) is 59.5 cm³/mol. The van der Waals surface area contributed by atoms with Crippen LogP contribution in [0.2, 0.25) is 0 Å². The molecule has 0 fully saturated rings. The van der Waals surface area contributed by atoms with Gasteiger partial charge in [-0.2, -0.15) is 0 Å². The number of hydrogen-bond acceptors (Lipinski definition) is 2. The minimum atomic E-state index is -0.729. The topological polar surface area (TPSA) is 26.3 Å². The molecule has 2 nitrogen and oxygen atoms in total. The van der Waals surface area contributed by atoms with Crippen molar-refractivity contribution in [1.82, 2.24) is 0 Å². The fourth-order valence-corrected chi connectivity index (χ4v) is 1.96. The molecule has 1 atom stereocenters. The summed E-state index contributed by atoms with van der Waals surface area (Å²) in [6.07, 6.45) is 0. The van der Waals surface area contributed by atoms with E-state index in [-0.39, 0.29) is 0 Å². The van der Waals surface area contributed by atoms with E-state index in [4.69, 9.17) is 11.6 Å². The van der Waals surface area contributed by atoms with Gasteiger partial charge >= 0.3 is 5.97 Å². The first kappa shape index (κ1) is 11.5. The summed E-state index contributed by atoms with van der Waals surface area (Å²) in [4.78, 5) is 11.2. The van der Waals surface area contributed by atoms with E-state index in [1.165, 1.54) is 7.11 Å². The number of halogens is 2. The molecule has 0 aliphatic rings. The van der Waals surface area contributed by atoms with Gasteiger partial charge in [0.15, 0.2) is 5.38 Å². The number of hydrogen-bond donors (Lipinski definition) is 0. The average Bonchev–Trinajstić information content (AvgIpc) is 2.15. The molecule has 0 radical (unpaired) electrons. The van der Waals surface area contributed by atoms with Gasteiger partial charge in [0.1, 0.15) is 0 Å². The van der Waals surface area contributed by atoms with Gasteiger partial charge in [-0.05, 0) is 30.2 Å². The Bertz CT molecular complexity index is 352. The summed E-state index contributed by atoms with van der Waals surface area (Å²) in [5.74, 6) is -0.433. The Morgan fingerprint density at radius 1 is 1.57 bits per heavy atom. The van der Waals surface area contributed by atoms with Gasteiger partial charge in [0.2, 0.25) is 0 Å². The lowest BCUT2D eigenvalue weighted by atomic mass is 10.1. The van der Waals surface area contributed by atoms with Gasteiger partial charge in [0.05, 0.1) is 7.11 Å². The molecule has 1 unspecified atom stereocenters. The Morgan fingerprint density at radius 3 is 2.71 bits per heavy atom. The van der Waals surface area contributed by atoms with Crippen LogP contribution in [0.1, 0.15) is 16.5 Å². The maximum atomic E-state index is 11.2. The van der Waals surface area contributed by atoms with E-state index < -0.39 is 11.3 Å². The van der Waals surface area contributed by atoms with Gasteiger partial charge in [-0.25, -0.2) is 0 Å². The average molecular weight is 278 g/mol. The first-order valence-corrected chi connectivity index (χ1v) is 5.27. The van der Waals surface area contributed by atoms with Gasteiger partial charge in [-0.3, -0.25) is 4.79 Å². The summed E-state index contributed by atoms with van der Waals surface area (Å²) < 4.78 is 5.53. The number of methoxy groups -OCH3 is 1. The lowest BCUT2D eigenvalue weighted by Gasteiger charge is -2.10. The van der Waals surface area contributed by atoms with Gasteiger partial charge in [0, 0.05) is 4.47 Å². The zero-order valence-electron chi connectivity index (χ0n) is 7.88. The molecular formula is C10H10BrClO2. The Labute approximate surface area is 96.3 Å². The molecule has 0 amide bonds. The molecule has 4 heteroatoms. The maximum Gasteiger partial charge on any atom is 0.328 e. The molecular weight excluding hydrogens is 267 g/mol. The first-order chi connectivity index (χ1) is 6.56. The number of benzene rings is 1. The molecule has 0 N–H and O–H groups in total. The van der Waals surface area contributed by atoms with E-state index >= 15 is 0 Å². The minimum absolute atomic E-state index is 0.433. The Kier molecular flexibility index (Phi) is 3.96.